The van der Waals surface area contributed by atoms with Crippen LogP contribution in [0.1, 0.15) is 45.4 Å². The summed E-state index contributed by atoms with van der Waals surface area (Å²) in [7, 11) is 0. The fourth-order valence-corrected chi connectivity index (χ4v) is 2.09. The van der Waals surface area contributed by atoms with Crippen molar-refractivity contribution in [3.63, 3.8) is 0 Å². The summed E-state index contributed by atoms with van der Waals surface area (Å²) in [6.45, 7) is 9.51. The van der Waals surface area contributed by atoms with Crippen molar-refractivity contribution in [2.75, 3.05) is 29.9 Å². The maximum absolute atomic E-state index is 4.67. The van der Waals surface area contributed by atoms with E-state index in [1.165, 1.54) is 12.8 Å². The van der Waals surface area contributed by atoms with Crippen LogP contribution >= 0.6 is 0 Å². The first kappa shape index (κ1) is 12.1. The molecular weight excluding hydrogens is 212 g/mol. The zero-order chi connectivity index (χ0) is 12.3. The predicted molar refractivity (Wildman–Crippen MR) is 71.7 cm³/mol. The van der Waals surface area contributed by atoms with Gasteiger partial charge in [-0.05, 0) is 19.8 Å². The third-order valence-corrected chi connectivity index (χ3v) is 3.03. The van der Waals surface area contributed by atoms with Gasteiger partial charge in [-0.2, -0.15) is 0 Å². The van der Waals surface area contributed by atoms with Crippen molar-refractivity contribution in [1.82, 2.24) is 9.97 Å². The van der Waals surface area contributed by atoms with Crippen molar-refractivity contribution >= 4 is 11.6 Å². The molecule has 1 aromatic rings. The Balaban J connectivity index is 2.29. The zero-order valence-corrected chi connectivity index (χ0v) is 11.0. The van der Waals surface area contributed by atoms with E-state index in [9.17, 15) is 0 Å². The van der Waals surface area contributed by atoms with Gasteiger partial charge in [-0.1, -0.05) is 13.8 Å². The van der Waals surface area contributed by atoms with E-state index < -0.39 is 0 Å². The Kier molecular flexibility index (Phi) is 3.82. The minimum atomic E-state index is 0.370. The van der Waals surface area contributed by atoms with E-state index in [2.05, 4.69) is 47.0 Å². The lowest BCUT2D eigenvalue weighted by molar-refractivity contribution is 0.765. The molecule has 1 fully saturated rings. The second kappa shape index (κ2) is 5.34. The van der Waals surface area contributed by atoms with Crippen LogP contribution < -0.4 is 10.2 Å². The standard InChI is InChI=1S/C13H22N4/c1-4-14-11-9-12(17-7-5-6-8-17)16-13(15-11)10(2)3/h9-10H,4-8H2,1-3H3,(H,14,15,16). The highest BCUT2D eigenvalue weighted by Gasteiger charge is 2.16. The molecule has 4 nitrogen and oxygen atoms in total. The maximum Gasteiger partial charge on any atom is 0.135 e. The summed E-state index contributed by atoms with van der Waals surface area (Å²) >= 11 is 0. The van der Waals surface area contributed by atoms with E-state index in [4.69, 9.17) is 0 Å². The SMILES string of the molecule is CCNc1cc(N2CCCC2)nc(C(C)C)n1. The average Bonchev–Trinajstić information content (AvgIpc) is 2.82. The normalized spacial score (nSPS) is 15.6. The molecule has 1 saturated heterocycles. The molecule has 0 unspecified atom stereocenters. The van der Waals surface area contributed by atoms with Crippen LogP contribution in [0.5, 0.6) is 0 Å². The van der Waals surface area contributed by atoms with Crippen LogP contribution in [0.15, 0.2) is 6.07 Å². The second-order valence-electron chi connectivity index (χ2n) is 4.85. The first-order valence-corrected chi connectivity index (χ1v) is 6.58. The highest BCUT2D eigenvalue weighted by atomic mass is 15.2. The van der Waals surface area contributed by atoms with Gasteiger partial charge in [-0.25, -0.2) is 9.97 Å². The average molecular weight is 234 g/mol. The third kappa shape index (κ3) is 2.87. The minimum Gasteiger partial charge on any atom is -0.370 e. The molecule has 0 spiro atoms. The monoisotopic (exact) mass is 234 g/mol. The fraction of sp³-hybridized carbons (Fsp3) is 0.692. The van der Waals surface area contributed by atoms with Gasteiger partial charge in [0.15, 0.2) is 0 Å². The number of hydrogen-bond donors (Lipinski definition) is 1. The lowest BCUT2D eigenvalue weighted by Crippen LogP contribution is -2.20. The third-order valence-electron chi connectivity index (χ3n) is 3.03. The molecule has 4 heteroatoms. The molecule has 0 bridgehead atoms. The van der Waals surface area contributed by atoms with E-state index >= 15 is 0 Å². The molecule has 94 valence electrons. The van der Waals surface area contributed by atoms with Gasteiger partial charge in [-0.15, -0.1) is 0 Å². The van der Waals surface area contributed by atoms with Crippen LogP contribution in [0.3, 0.4) is 0 Å². The summed E-state index contributed by atoms with van der Waals surface area (Å²) in [6.07, 6.45) is 2.55. The molecular formula is C13H22N4. The van der Waals surface area contributed by atoms with E-state index in [-0.39, 0.29) is 0 Å². The Hall–Kier alpha value is -1.32. The molecule has 1 N–H and O–H groups in total. The largest absolute Gasteiger partial charge is 0.370 e. The first-order valence-electron chi connectivity index (χ1n) is 6.58. The van der Waals surface area contributed by atoms with Crippen molar-refractivity contribution in [2.45, 2.75) is 39.5 Å². The topological polar surface area (TPSA) is 41.0 Å². The molecule has 0 aromatic carbocycles. The molecule has 0 radical (unpaired) electrons. The Morgan fingerprint density at radius 1 is 1.29 bits per heavy atom. The summed E-state index contributed by atoms with van der Waals surface area (Å²) in [6, 6.07) is 2.07. The first-order chi connectivity index (χ1) is 8.20. The van der Waals surface area contributed by atoms with Crippen molar-refractivity contribution < 1.29 is 0 Å². The smallest absolute Gasteiger partial charge is 0.135 e. The van der Waals surface area contributed by atoms with Crippen LogP contribution in [-0.4, -0.2) is 29.6 Å². The highest BCUT2D eigenvalue weighted by molar-refractivity contribution is 5.50. The van der Waals surface area contributed by atoms with E-state index in [1.807, 2.05) is 0 Å². The van der Waals surface area contributed by atoms with Gasteiger partial charge in [-0.3, -0.25) is 0 Å². The molecule has 0 saturated carbocycles. The molecule has 17 heavy (non-hydrogen) atoms. The van der Waals surface area contributed by atoms with Gasteiger partial charge in [0.25, 0.3) is 0 Å². The van der Waals surface area contributed by atoms with E-state index in [0.29, 0.717) is 5.92 Å². The van der Waals surface area contributed by atoms with Crippen molar-refractivity contribution in [3.8, 4) is 0 Å². The summed E-state index contributed by atoms with van der Waals surface area (Å²) in [5.74, 6) is 3.34. The summed E-state index contributed by atoms with van der Waals surface area (Å²) in [4.78, 5) is 11.6. The molecule has 1 aliphatic heterocycles. The van der Waals surface area contributed by atoms with Crippen molar-refractivity contribution in [3.05, 3.63) is 11.9 Å². The predicted octanol–water partition coefficient (Wildman–Crippen LogP) is 2.63. The van der Waals surface area contributed by atoms with Gasteiger partial charge in [0.2, 0.25) is 0 Å². The molecule has 1 aliphatic rings. The number of nitrogens with one attached hydrogen (secondary N) is 1. The molecule has 2 rings (SSSR count). The van der Waals surface area contributed by atoms with Gasteiger partial charge in [0.1, 0.15) is 17.5 Å². The number of anilines is 2. The molecule has 1 aromatic heterocycles. The van der Waals surface area contributed by atoms with Gasteiger partial charge >= 0.3 is 0 Å². The molecule has 2 heterocycles. The van der Waals surface area contributed by atoms with Crippen LogP contribution in [0, 0.1) is 0 Å². The Morgan fingerprint density at radius 2 is 2.00 bits per heavy atom. The van der Waals surface area contributed by atoms with Gasteiger partial charge < -0.3 is 10.2 Å². The number of nitrogens with zero attached hydrogens (tertiary/aromatic N) is 3. The van der Waals surface area contributed by atoms with Crippen LogP contribution in [0.4, 0.5) is 11.6 Å². The summed E-state index contributed by atoms with van der Waals surface area (Å²) < 4.78 is 0. The number of hydrogen-bond acceptors (Lipinski definition) is 4. The molecule has 0 aliphatic carbocycles. The zero-order valence-electron chi connectivity index (χ0n) is 11.0. The van der Waals surface area contributed by atoms with Gasteiger partial charge in [0, 0.05) is 31.6 Å². The van der Waals surface area contributed by atoms with E-state index in [1.54, 1.807) is 0 Å². The number of aromatic nitrogens is 2. The number of rotatable bonds is 4. The minimum absolute atomic E-state index is 0.370. The van der Waals surface area contributed by atoms with Crippen molar-refractivity contribution in [1.29, 1.82) is 0 Å². The van der Waals surface area contributed by atoms with Crippen LogP contribution in [0.2, 0.25) is 0 Å². The second-order valence-corrected chi connectivity index (χ2v) is 4.85. The van der Waals surface area contributed by atoms with Crippen LogP contribution in [0.25, 0.3) is 0 Å². The van der Waals surface area contributed by atoms with Gasteiger partial charge in [0.05, 0.1) is 0 Å². The lowest BCUT2D eigenvalue weighted by atomic mass is 10.2. The summed E-state index contributed by atoms with van der Waals surface area (Å²) in [5.41, 5.74) is 0. The molecule has 0 amide bonds. The van der Waals surface area contributed by atoms with E-state index in [0.717, 1.165) is 37.1 Å². The lowest BCUT2D eigenvalue weighted by Gasteiger charge is -2.19. The fourth-order valence-electron chi connectivity index (χ4n) is 2.09. The quantitative estimate of drug-likeness (QED) is 0.869. The Labute approximate surface area is 103 Å². The Morgan fingerprint density at radius 3 is 2.59 bits per heavy atom. The Bertz CT molecular complexity index is 370. The summed E-state index contributed by atoms with van der Waals surface area (Å²) in [5, 5.41) is 3.29. The highest BCUT2D eigenvalue weighted by Crippen LogP contribution is 2.23. The van der Waals surface area contributed by atoms with Crippen molar-refractivity contribution in [2.24, 2.45) is 0 Å². The molecule has 0 atom stereocenters. The van der Waals surface area contributed by atoms with Crippen LogP contribution in [-0.2, 0) is 0 Å². The maximum atomic E-state index is 4.67.